The lowest BCUT2D eigenvalue weighted by Crippen LogP contribution is -2.40. The Morgan fingerprint density at radius 1 is 1.32 bits per heavy atom. The second kappa shape index (κ2) is 6.89. The van der Waals surface area contributed by atoms with Crippen molar-refractivity contribution >= 4 is 11.9 Å². The van der Waals surface area contributed by atoms with Crippen molar-refractivity contribution in [1.29, 1.82) is 0 Å². The van der Waals surface area contributed by atoms with Crippen molar-refractivity contribution in [2.75, 3.05) is 26.2 Å². The van der Waals surface area contributed by atoms with Crippen molar-refractivity contribution in [2.45, 2.75) is 40.0 Å². The molecule has 0 saturated carbocycles. The number of piperidine rings is 1. The van der Waals surface area contributed by atoms with Crippen LogP contribution in [0.2, 0.25) is 0 Å². The molecule has 0 spiro atoms. The van der Waals surface area contributed by atoms with E-state index in [2.05, 4.69) is 17.1 Å². The fourth-order valence-corrected chi connectivity index (χ4v) is 2.18. The second-order valence-electron chi connectivity index (χ2n) is 6.24. The number of amides is 1. The van der Waals surface area contributed by atoms with Crippen molar-refractivity contribution in [1.82, 2.24) is 10.2 Å². The van der Waals surface area contributed by atoms with E-state index in [4.69, 9.17) is 5.11 Å². The van der Waals surface area contributed by atoms with E-state index in [0.717, 1.165) is 25.6 Å². The summed E-state index contributed by atoms with van der Waals surface area (Å²) in [5.41, 5.74) is -0.995. The highest BCUT2D eigenvalue weighted by atomic mass is 16.4. The zero-order chi connectivity index (χ0) is 14.5. The van der Waals surface area contributed by atoms with E-state index in [9.17, 15) is 9.59 Å². The molecule has 0 aromatic heterocycles. The van der Waals surface area contributed by atoms with Crippen LogP contribution in [0, 0.1) is 11.3 Å². The zero-order valence-corrected chi connectivity index (χ0v) is 12.2. The number of nitrogens with zero attached hydrogens (tertiary/aromatic N) is 1. The normalized spacial score (nSPS) is 18.3. The van der Waals surface area contributed by atoms with Crippen LogP contribution < -0.4 is 5.32 Å². The monoisotopic (exact) mass is 270 g/mol. The molecule has 0 radical (unpaired) electrons. The number of aliphatic carboxylic acids is 1. The van der Waals surface area contributed by atoms with Gasteiger partial charge in [0.2, 0.25) is 5.91 Å². The van der Waals surface area contributed by atoms with Crippen LogP contribution in [0.3, 0.4) is 0 Å². The number of hydrogen-bond acceptors (Lipinski definition) is 3. The maximum atomic E-state index is 11.7. The number of nitrogens with one attached hydrogen (secondary N) is 1. The number of carboxylic acids is 1. The van der Waals surface area contributed by atoms with Gasteiger partial charge >= 0.3 is 5.97 Å². The molecule has 0 atom stereocenters. The van der Waals surface area contributed by atoms with E-state index in [0.29, 0.717) is 6.54 Å². The Morgan fingerprint density at radius 3 is 2.42 bits per heavy atom. The molecule has 5 nitrogen and oxygen atoms in total. The number of hydrogen-bond donors (Lipinski definition) is 2. The smallest absolute Gasteiger partial charge is 0.309 e. The number of carbonyl (C=O) groups is 2. The summed E-state index contributed by atoms with van der Waals surface area (Å²) in [6, 6.07) is 0. The quantitative estimate of drug-likeness (QED) is 0.764. The van der Waals surface area contributed by atoms with Gasteiger partial charge in [-0.05, 0) is 45.7 Å². The molecule has 19 heavy (non-hydrogen) atoms. The van der Waals surface area contributed by atoms with Gasteiger partial charge in [0.1, 0.15) is 0 Å². The van der Waals surface area contributed by atoms with E-state index in [-0.39, 0.29) is 12.3 Å². The van der Waals surface area contributed by atoms with Crippen LogP contribution in [0.1, 0.15) is 40.0 Å². The highest BCUT2D eigenvalue weighted by Gasteiger charge is 2.30. The minimum Gasteiger partial charge on any atom is -0.481 e. The molecule has 110 valence electrons. The largest absolute Gasteiger partial charge is 0.481 e. The van der Waals surface area contributed by atoms with Gasteiger partial charge < -0.3 is 15.3 Å². The molecule has 0 bridgehead atoms. The van der Waals surface area contributed by atoms with E-state index in [1.54, 1.807) is 13.8 Å². The third kappa shape index (κ3) is 5.59. The average molecular weight is 270 g/mol. The number of carboxylic acid groups (broad SMARTS) is 1. The van der Waals surface area contributed by atoms with Gasteiger partial charge in [0.15, 0.2) is 0 Å². The molecule has 0 aliphatic carbocycles. The molecule has 1 amide bonds. The van der Waals surface area contributed by atoms with Crippen LogP contribution in [0.4, 0.5) is 0 Å². The maximum absolute atomic E-state index is 11.7. The summed E-state index contributed by atoms with van der Waals surface area (Å²) in [6.45, 7) is 9.05. The zero-order valence-electron chi connectivity index (χ0n) is 12.2. The van der Waals surface area contributed by atoms with Gasteiger partial charge in [-0.1, -0.05) is 6.92 Å². The van der Waals surface area contributed by atoms with Crippen LogP contribution in [-0.2, 0) is 9.59 Å². The molecule has 1 fully saturated rings. The summed E-state index contributed by atoms with van der Waals surface area (Å²) >= 11 is 0. The summed E-state index contributed by atoms with van der Waals surface area (Å²) in [5.74, 6) is -0.312. The summed E-state index contributed by atoms with van der Waals surface area (Å²) in [7, 11) is 0. The molecule has 1 rings (SSSR count). The third-order valence-electron chi connectivity index (χ3n) is 3.81. The first kappa shape index (κ1) is 16.0. The minimum atomic E-state index is -0.995. The van der Waals surface area contributed by atoms with E-state index in [1.807, 2.05) is 0 Å². The van der Waals surface area contributed by atoms with Crippen LogP contribution in [0.15, 0.2) is 0 Å². The molecule has 0 unspecified atom stereocenters. The van der Waals surface area contributed by atoms with Gasteiger partial charge in [0, 0.05) is 19.5 Å². The van der Waals surface area contributed by atoms with Gasteiger partial charge in [-0.3, -0.25) is 9.59 Å². The van der Waals surface area contributed by atoms with Crippen LogP contribution >= 0.6 is 0 Å². The van der Waals surface area contributed by atoms with Gasteiger partial charge in [-0.25, -0.2) is 0 Å². The van der Waals surface area contributed by atoms with Gasteiger partial charge in [0.25, 0.3) is 0 Å². The molecule has 1 heterocycles. The molecule has 0 aromatic rings. The second-order valence-corrected chi connectivity index (χ2v) is 6.24. The van der Waals surface area contributed by atoms with Crippen molar-refractivity contribution in [2.24, 2.45) is 11.3 Å². The summed E-state index contributed by atoms with van der Waals surface area (Å²) in [6.07, 6.45) is 2.47. The third-order valence-corrected chi connectivity index (χ3v) is 3.81. The number of rotatable bonds is 6. The van der Waals surface area contributed by atoms with Crippen LogP contribution in [0.5, 0.6) is 0 Å². The first-order valence-electron chi connectivity index (χ1n) is 7.04. The Balaban J connectivity index is 2.19. The number of carbonyl (C=O) groups excluding carboxylic acids is 1. The highest BCUT2D eigenvalue weighted by molar-refractivity contribution is 5.84. The Bertz CT molecular complexity index is 321. The molecule has 0 aromatic carbocycles. The van der Waals surface area contributed by atoms with Crippen molar-refractivity contribution in [3.05, 3.63) is 0 Å². The van der Waals surface area contributed by atoms with Crippen LogP contribution in [-0.4, -0.2) is 48.1 Å². The predicted molar refractivity (Wildman–Crippen MR) is 73.9 cm³/mol. The summed E-state index contributed by atoms with van der Waals surface area (Å²) < 4.78 is 0. The molecule has 1 saturated heterocycles. The topological polar surface area (TPSA) is 69.6 Å². The molecule has 1 aliphatic heterocycles. The SMILES string of the molecule is CC1CCN(CCNC(=O)CC(C)(C)C(=O)O)CC1. The Kier molecular flexibility index (Phi) is 5.79. The van der Waals surface area contributed by atoms with Gasteiger partial charge in [-0.2, -0.15) is 0 Å². The average Bonchev–Trinajstić information content (AvgIpc) is 2.31. The van der Waals surface area contributed by atoms with Gasteiger partial charge in [-0.15, -0.1) is 0 Å². The lowest BCUT2D eigenvalue weighted by atomic mass is 9.89. The van der Waals surface area contributed by atoms with Crippen molar-refractivity contribution in [3.63, 3.8) is 0 Å². The first-order chi connectivity index (χ1) is 8.81. The Labute approximate surface area is 115 Å². The molecular weight excluding hydrogens is 244 g/mol. The molecule has 1 aliphatic rings. The lowest BCUT2D eigenvalue weighted by Gasteiger charge is -2.30. The lowest BCUT2D eigenvalue weighted by molar-refractivity contribution is -0.149. The van der Waals surface area contributed by atoms with E-state index < -0.39 is 11.4 Å². The molecular formula is C14H26N2O3. The summed E-state index contributed by atoms with van der Waals surface area (Å²) in [5, 5.41) is 11.8. The minimum absolute atomic E-state index is 0.0272. The van der Waals surface area contributed by atoms with Crippen molar-refractivity contribution in [3.8, 4) is 0 Å². The predicted octanol–water partition coefficient (Wildman–Crippen LogP) is 1.34. The number of likely N-dealkylation sites (tertiary alicyclic amines) is 1. The Morgan fingerprint density at radius 2 is 1.89 bits per heavy atom. The fraction of sp³-hybridized carbons (Fsp3) is 0.857. The Hall–Kier alpha value is -1.10. The summed E-state index contributed by atoms with van der Waals surface area (Å²) in [4.78, 5) is 24.9. The maximum Gasteiger partial charge on any atom is 0.309 e. The van der Waals surface area contributed by atoms with E-state index >= 15 is 0 Å². The fourth-order valence-electron chi connectivity index (χ4n) is 2.18. The molecule has 5 heteroatoms. The first-order valence-corrected chi connectivity index (χ1v) is 7.04. The molecule has 2 N–H and O–H groups in total. The van der Waals surface area contributed by atoms with Crippen molar-refractivity contribution < 1.29 is 14.7 Å². The van der Waals surface area contributed by atoms with Gasteiger partial charge in [0.05, 0.1) is 5.41 Å². The van der Waals surface area contributed by atoms with E-state index in [1.165, 1.54) is 12.8 Å². The highest BCUT2D eigenvalue weighted by Crippen LogP contribution is 2.20. The standard InChI is InChI=1S/C14H26N2O3/c1-11-4-7-16(8-5-11)9-6-15-12(17)10-14(2,3)13(18)19/h11H,4-10H2,1-3H3,(H,15,17)(H,18,19). The van der Waals surface area contributed by atoms with Crippen LogP contribution in [0.25, 0.3) is 0 Å².